The summed E-state index contributed by atoms with van der Waals surface area (Å²) in [4.78, 5) is 55.1. The number of rotatable bonds is 7. The van der Waals surface area contributed by atoms with Crippen molar-refractivity contribution in [2.45, 2.75) is 64.0 Å². The number of carboxylic acids is 1. The number of hydrogen-bond donors (Lipinski definition) is 1. The largest absolute Gasteiger partial charge is 0.485 e. The van der Waals surface area contributed by atoms with Gasteiger partial charge in [-0.3, -0.25) is 14.4 Å². The number of carboxylic acid groups (broad SMARTS) is 1. The molecule has 1 unspecified atom stereocenters. The second-order valence-corrected chi connectivity index (χ2v) is 12.3. The van der Waals surface area contributed by atoms with Gasteiger partial charge in [-0.05, 0) is 49.7 Å². The lowest BCUT2D eigenvalue weighted by Crippen LogP contribution is -2.47. The van der Waals surface area contributed by atoms with Crippen LogP contribution in [0.15, 0.2) is 47.5 Å². The van der Waals surface area contributed by atoms with Gasteiger partial charge in [-0.25, -0.2) is 9.97 Å². The van der Waals surface area contributed by atoms with Crippen molar-refractivity contribution < 1.29 is 24.2 Å². The summed E-state index contributed by atoms with van der Waals surface area (Å²) in [5.41, 5.74) is 3.10. The molecule has 238 valence electrons. The van der Waals surface area contributed by atoms with E-state index < -0.39 is 11.4 Å². The lowest BCUT2D eigenvalue weighted by molar-refractivity contribution is -0.137. The van der Waals surface area contributed by atoms with Crippen molar-refractivity contribution in [3.8, 4) is 5.75 Å². The summed E-state index contributed by atoms with van der Waals surface area (Å²) >= 11 is 0. The third-order valence-corrected chi connectivity index (χ3v) is 9.44. The molecule has 1 saturated heterocycles. The molecule has 1 aliphatic carbocycles. The van der Waals surface area contributed by atoms with Gasteiger partial charge in [0.2, 0.25) is 5.78 Å². The highest BCUT2D eigenvalue weighted by Crippen LogP contribution is 2.50. The molecule has 0 bridgehead atoms. The maximum atomic E-state index is 14.2. The summed E-state index contributed by atoms with van der Waals surface area (Å²) in [6.45, 7) is 5.52. The molecule has 5 heterocycles. The highest BCUT2D eigenvalue weighted by Gasteiger charge is 2.49. The summed E-state index contributed by atoms with van der Waals surface area (Å²) < 4.78 is 14.4. The second-order valence-electron chi connectivity index (χ2n) is 12.3. The number of aromatic nitrogens is 6. The second kappa shape index (κ2) is 11.8. The van der Waals surface area contributed by atoms with Crippen LogP contribution in [0.2, 0.25) is 0 Å². The topological polar surface area (TPSA) is 154 Å². The van der Waals surface area contributed by atoms with E-state index in [4.69, 9.17) is 9.47 Å². The van der Waals surface area contributed by atoms with E-state index in [0.29, 0.717) is 80.5 Å². The standard InChI is InChI=1S/C33H35N7O6/c1-20-16-33(25-27(20)39(17-24(41)42)32-36-29(37-40(32)30(25)43)23-8-14-45-15-9-23)10-12-38(13-11-33)31(44)26-28(21(2)34-19-35-26)46-18-22-6-4-3-5-7-22/h3-8,19-20H,9-18H2,1-2H3,(H,41,42). The smallest absolute Gasteiger partial charge is 0.323 e. The first-order valence-electron chi connectivity index (χ1n) is 15.6. The molecule has 1 fully saturated rings. The molecule has 1 aromatic carbocycles. The molecule has 2 aliphatic heterocycles. The molecule has 13 nitrogen and oxygen atoms in total. The van der Waals surface area contributed by atoms with Crippen LogP contribution in [-0.4, -0.2) is 77.3 Å². The van der Waals surface area contributed by atoms with Crippen LogP contribution >= 0.6 is 0 Å². The van der Waals surface area contributed by atoms with Crippen molar-refractivity contribution in [2.75, 3.05) is 26.3 Å². The lowest BCUT2D eigenvalue weighted by Gasteiger charge is -2.39. The summed E-state index contributed by atoms with van der Waals surface area (Å²) in [6.07, 6.45) is 5.62. The molecule has 7 rings (SSSR count). The Bertz CT molecular complexity index is 1920. The summed E-state index contributed by atoms with van der Waals surface area (Å²) in [7, 11) is 0. The lowest BCUT2D eigenvalue weighted by atomic mass is 9.73. The first kappa shape index (κ1) is 29.8. The number of fused-ring (bicyclic) bond motifs is 3. The van der Waals surface area contributed by atoms with Crippen LogP contribution in [0.3, 0.4) is 0 Å². The number of aryl methyl sites for hydroxylation is 1. The number of ether oxygens (including phenoxy) is 2. The third kappa shape index (κ3) is 5.14. The Balaban J connectivity index is 1.20. The maximum absolute atomic E-state index is 14.2. The normalized spacial score (nSPS) is 18.9. The molecule has 46 heavy (non-hydrogen) atoms. The molecule has 1 spiro atoms. The molecule has 1 N–H and O–H groups in total. The maximum Gasteiger partial charge on any atom is 0.323 e. The molecule has 3 aliphatic rings. The number of likely N-dealkylation sites (tertiary alicyclic amines) is 1. The van der Waals surface area contributed by atoms with Gasteiger partial charge in [0.05, 0.1) is 18.9 Å². The molecule has 0 saturated carbocycles. The van der Waals surface area contributed by atoms with Crippen molar-refractivity contribution in [3.63, 3.8) is 0 Å². The quantitative estimate of drug-likeness (QED) is 0.324. The van der Waals surface area contributed by atoms with Crippen LogP contribution in [0.1, 0.15) is 77.4 Å². The molecule has 3 aromatic heterocycles. The van der Waals surface area contributed by atoms with Crippen LogP contribution in [0, 0.1) is 6.92 Å². The monoisotopic (exact) mass is 625 g/mol. The van der Waals surface area contributed by atoms with Gasteiger partial charge in [-0.15, -0.1) is 5.10 Å². The number of carbonyl (C=O) groups is 2. The SMILES string of the molecule is Cc1ncnc(C(=O)N2CCC3(CC2)CC(C)c2c3c(=O)n3nc(C4=CCOCC4)nc3n2CC(=O)O)c1OCc1ccccc1. The van der Waals surface area contributed by atoms with Crippen LogP contribution in [-0.2, 0) is 28.1 Å². The van der Waals surface area contributed by atoms with E-state index in [-0.39, 0.29) is 42.0 Å². The summed E-state index contributed by atoms with van der Waals surface area (Å²) in [5.74, 6) is -0.361. The number of benzene rings is 1. The first-order chi connectivity index (χ1) is 22.3. The van der Waals surface area contributed by atoms with Gasteiger partial charge in [-0.2, -0.15) is 9.50 Å². The number of carbonyl (C=O) groups excluding carboxylic acids is 1. The molecule has 4 aromatic rings. The molecule has 1 amide bonds. The van der Waals surface area contributed by atoms with Crippen molar-refractivity contribution in [2.24, 2.45) is 0 Å². The molecular weight excluding hydrogens is 590 g/mol. The Labute approximate surface area is 264 Å². The number of piperidine rings is 1. The van der Waals surface area contributed by atoms with E-state index in [2.05, 4.69) is 20.1 Å². The van der Waals surface area contributed by atoms with Crippen molar-refractivity contribution in [1.82, 2.24) is 34.0 Å². The third-order valence-electron chi connectivity index (χ3n) is 9.44. The highest BCUT2D eigenvalue weighted by atomic mass is 16.5. The predicted octanol–water partition coefficient (Wildman–Crippen LogP) is 3.14. The van der Waals surface area contributed by atoms with E-state index in [0.717, 1.165) is 11.1 Å². The number of nitrogens with zero attached hydrogens (tertiary/aromatic N) is 7. The van der Waals surface area contributed by atoms with Gasteiger partial charge in [0.1, 0.15) is 19.5 Å². The first-order valence-corrected chi connectivity index (χ1v) is 15.6. The minimum atomic E-state index is -1.03. The van der Waals surface area contributed by atoms with Gasteiger partial charge >= 0.3 is 5.97 Å². The minimum Gasteiger partial charge on any atom is -0.485 e. The van der Waals surface area contributed by atoms with Gasteiger partial charge in [0.25, 0.3) is 11.5 Å². The zero-order valence-corrected chi connectivity index (χ0v) is 25.8. The summed E-state index contributed by atoms with van der Waals surface area (Å²) in [5, 5.41) is 14.5. The Kier molecular flexibility index (Phi) is 7.63. The van der Waals surface area contributed by atoms with Crippen molar-refractivity contribution in [3.05, 3.63) is 87.1 Å². The number of amides is 1. The Morgan fingerprint density at radius 1 is 1.15 bits per heavy atom. The van der Waals surface area contributed by atoms with Gasteiger partial charge in [-0.1, -0.05) is 43.3 Å². The molecule has 13 heteroatoms. The van der Waals surface area contributed by atoms with Crippen LogP contribution in [0.25, 0.3) is 11.4 Å². The van der Waals surface area contributed by atoms with Crippen molar-refractivity contribution >= 4 is 23.2 Å². The van der Waals surface area contributed by atoms with E-state index in [1.165, 1.54) is 10.8 Å². The highest BCUT2D eigenvalue weighted by molar-refractivity contribution is 5.95. The average Bonchev–Trinajstić information content (AvgIpc) is 3.63. The molecular formula is C33H35N7O6. The Morgan fingerprint density at radius 3 is 2.65 bits per heavy atom. The fraction of sp³-hybridized carbons (Fsp3) is 0.424. The van der Waals surface area contributed by atoms with E-state index >= 15 is 0 Å². The fourth-order valence-electron chi connectivity index (χ4n) is 7.28. The molecule has 1 atom stereocenters. The van der Waals surface area contributed by atoms with E-state index in [9.17, 15) is 19.5 Å². The minimum absolute atomic E-state index is 0.0840. The van der Waals surface area contributed by atoms with E-state index in [1.807, 2.05) is 43.3 Å². The predicted molar refractivity (Wildman–Crippen MR) is 166 cm³/mol. The van der Waals surface area contributed by atoms with E-state index in [1.54, 1.807) is 16.4 Å². The van der Waals surface area contributed by atoms with Crippen LogP contribution in [0.5, 0.6) is 5.75 Å². The fourth-order valence-corrected chi connectivity index (χ4v) is 7.28. The molecule has 0 radical (unpaired) electrons. The Hall–Kier alpha value is -4.91. The average molecular weight is 626 g/mol. The zero-order chi connectivity index (χ0) is 32.0. The van der Waals surface area contributed by atoms with Gasteiger partial charge in [0.15, 0.2) is 17.3 Å². The van der Waals surface area contributed by atoms with Gasteiger partial charge < -0.3 is 24.0 Å². The van der Waals surface area contributed by atoms with Crippen LogP contribution < -0.4 is 10.3 Å². The number of aliphatic carboxylic acids is 1. The van der Waals surface area contributed by atoms with Crippen molar-refractivity contribution in [1.29, 1.82) is 0 Å². The van der Waals surface area contributed by atoms with Crippen LogP contribution in [0.4, 0.5) is 0 Å². The van der Waals surface area contributed by atoms with Gasteiger partial charge in [0, 0.05) is 29.8 Å². The number of hydrogen-bond acceptors (Lipinski definition) is 9. The Morgan fingerprint density at radius 2 is 1.93 bits per heavy atom. The summed E-state index contributed by atoms with van der Waals surface area (Å²) in [6, 6.07) is 9.69. The zero-order valence-electron chi connectivity index (χ0n) is 25.8.